The van der Waals surface area contributed by atoms with Crippen LogP contribution in [0.5, 0.6) is 5.75 Å². The van der Waals surface area contributed by atoms with Gasteiger partial charge >= 0.3 is 0 Å². The van der Waals surface area contributed by atoms with Crippen LogP contribution in [0.2, 0.25) is 0 Å². The topological polar surface area (TPSA) is 73.0 Å². The van der Waals surface area contributed by atoms with Gasteiger partial charge in [-0.2, -0.15) is 0 Å². The second-order valence-corrected chi connectivity index (χ2v) is 6.68. The van der Waals surface area contributed by atoms with E-state index < -0.39 is 0 Å². The summed E-state index contributed by atoms with van der Waals surface area (Å²) in [4.78, 5) is 4.55. The first-order chi connectivity index (χ1) is 12.8. The van der Waals surface area contributed by atoms with Gasteiger partial charge in [-0.25, -0.2) is 0 Å². The number of aliphatic hydroxyl groups excluding tert-OH is 1. The number of phenols is 1. The maximum atomic E-state index is 10.4. The molecule has 1 aliphatic heterocycles. The molecule has 6 nitrogen and oxygen atoms in total. The van der Waals surface area contributed by atoms with Crippen molar-refractivity contribution in [3.63, 3.8) is 0 Å². The summed E-state index contributed by atoms with van der Waals surface area (Å²) >= 11 is 0. The molecule has 3 aromatic rings. The molecule has 0 bridgehead atoms. The van der Waals surface area contributed by atoms with Crippen LogP contribution in [0.15, 0.2) is 47.0 Å². The summed E-state index contributed by atoms with van der Waals surface area (Å²) < 4.78 is 5.64. The number of hydrogen-bond donors (Lipinski definition) is 2. The lowest BCUT2D eigenvalue weighted by molar-refractivity contribution is 0.108. The van der Waals surface area contributed by atoms with Crippen molar-refractivity contribution in [2.75, 3.05) is 39.3 Å². The average molecular weight is 353 g/mol. The van der Waals surface area contributed by atoms with Gasteiger partial charge in [-0.1, -0.05) is 35.5 Å². The number of aromatic nitrogens is 1. The summed E-state index contributed by atoms with van der Waals surface area (Å²) in [6.45, 7) is 5.17. The third-order valence-corrected chi connectivity index (χ3v) is 5.03. The number of rotatable bonds is 5. The Morgan fingerprint density at radius 3 is 2.42 bits per heavy atom. The highest BCUT2D eigenvalue weighted by Gasteiger charge is 2.21. The lowest BCUT2D eigenvalue weighted by Gasteiger charge is -2.34. The summed E-state index contributed by atoms with van der Waals surface area (Å²) in [5.74, 6) is 0.242. The SMILES string of the molecule is OCCN1CCN(Cc2c(O)ccc3c(-c4ccccc4)noc23)CC1. The van der Waals surface area contributed by atoms with E-state index in [9.17, 15) is 5.11 Å². The quantitative estimate of drug-likeness (QED) is 0.733. The molecule has 1 saturated heterocycles. The van der Waals surface area contributed by atoms with Crippen LogP contribution in [0.1, 0.15) is 5.56 Å². The maximum Gasteiger partial charge on any atom is 0.175 e. The number of hydrogen-bond acceptors (Lipinski definition) is 6. The molecule has 0 atom stereocenters. The Labute approximate surface area is 152 Å². The van der Waals surface area contributed by atoms with Crippen molar-refractivity contribution < 1.29 is 14.7 Å². The van der Waals surface area contributed by atoms with E-state index in [2.05, 4.69) is 15.0 Å². The molecule has 2 N–H and O–H groups in total. The molecule has 136 valence electrons. The summed E-state index contributed by atoms with van der Waals surface area (Å²) in [7, 11) is 0. The van der Waals surface area contributed by atoms with E-state index in [1.807, 2.05) is 36.4 Å². The normalized spacial score (nSPS) is 16.3. The third-order valence-electron chi connectivity index (χ3n) is 5.03. The molecule has 0 saturated carbocycles. The summed E-state index contributed by atoms with van der Waals surface area (Å²) in [5.41, 5.74) is 3.24. The summed E-state index contributed by atoms with van der Waals surface area (Å²) in [6, 6.07) is 13.5. The van der Waals surface area contributed by atoms with Crippen LogP contribution in [0.3, 0.4) is 0 Å². The Bertz CT molecular complexity index is 871. The number of β-amino-alcohol motifs (C(OH)–C–C–N with tert-alkyl or cyclic N) is 1. The number of aliphatic hydroxyl groups is 1. The lowest BCUT2D eigenvalue weighted by Crippen LogP contribution is -2.46. The molecule has 1 aliphatic rings. The minimum absolute atomic E-state index is 0.195. The molecule has 1 fully saturated rings. The van der Waals surface area contributed by atoms with Gasteiger partial charge in [0.05, 0.1) is 17.6 Å². The Balaban J connectivity index is 1.60. The van der Waals surface area contributed by atoms with Crippen LogP contribution >= 0.6 is 0 Å². The fourth-order valence-corrected chi connectivity index (χ4v) is 3.54. The van der Waals surface area contributed by atoms with E-state index in [-0.39, 0.29) is 12.4 Å². The van der Waals surface area contributed by atoms with Crippen molar-refractivity contribution in [3.8, 4) is 17.0 Å². The smallest absolute Gasteiger partial charge is 0.175 e. The molecular formula is C20H23N3O3. The molecule has 6 heteroatoms. The monoisotopic (exact) mass is 353 g/mol. The van der Waals surface area contributed by atoms with Crippen molar-refractivity contribution in [2.45, 2.75) is 6.54 Å². The number of aromatic hydroxyl groups is 1. The number of fused-ring (bicyclic) bond motifs is 1. The fourth-order valence-electron chi connectivity index (χ4n) is 3.54. The molecule has 2 aromatic carbocycles. The Kier molecular flexibility index (Phi) is 4.88. The zero-order valence-corrected chi connectivity index (χ0v) is 14.6. The predicted molar refractivity (Wildman–Crippen MR) is 99.9 cm³/mol. The van der Waals surface area contributed by atoms with Crippen LogP contribution in [-0.4, -0.2) is 64.5 Å². The molecule has 0 unspecified atom stereocenters. The number of piperazine rings is 1. The van der Waals surface area contributed by atoms with Crippen molar-refractivity contribution in [3.05, 3.63) is 48.0 Å². The van der Waals surface area contributed by atoms with Gasteiger partial charge in [-0.15, -0.1) is 0 Å². The Morgan fingerprint density at radius 1 is 0.962 bits per heavy atom. The number of phenolic OH excluding ortho intramolecular Hbond substituents is 1. The molecule has 0 radical (unpaired) electrons. The molecule has 2 heterocycles. The van der Waals surface area contributed by atoms with Crippen LogP contribution in [0.4, 0.5) is 0 Å². The standard InChI is InChI=1S/C20H23N3O3/c24-13-12-22-8-10-23(11-9-22)14-17-18(25)7-6-16-19(21-26-20(16)17)15-4-2-1-3-5-15/h1-7,24-25H,8-14H2. The van der Waals surface area contributed by atoms with Crippen LogP contribution in [0, 0.1) is 0 Å². The summed E-state index contributed by atoms with van der Waals surface area (Å²) in [5, 5.41) is 24.6. The van der Waals surface area contributed by atoms with Crippen molar-refractivity contribution >= 4 is 11.0 Å². The van der Waals surface area contributed by atoms with Gasteiger partial charge in [-0.3, -0.25) is 9.80 Å². The fraction of sp³-hybridized carbons (Fsp3) is 0.350. The lowest BCUT2D eigenvalue weighted by atomic mass is 10.0. The van der Waals surface area contributed by atoms with E-state index in [4.69, 9.17) is 9.63 Å². The average Bonchev–Trinajstić information content (AvgIpc) is 3.11. The highest BCUT2D eigenvalue weighted by molar-refractivity contribution is 5.94. The van der Waals surface area contributed by atoms with Gasteiger partial charge < -0.3 is 14.7 Å². The van der Waals surface area contributed by atoms with Gasteiger partial charge in [0, 0.05) is 44.8 Å². The predicted octanol–water partition coefficient (Wildman–Crippen LogP) is 2.31. The van der Waals surface area contributed by atoms with E-state index in [1.165, 1.54) is 0 Å². The molecular weight excluding hydrogens is 330 g/mol. The number of benzene rings is 2. The molecule has 26 heavy (non-hydrogen) atoms. The van der Waals surface area contributed by atoms with E-state index in [0.29, 0.717) is 12.1 Å². The second kappa shape index (κ2) is 7.45. The first kappa shape index (κ1) is 17.0. The van der Waals surface area contributed by atoms with Gasteiger partial charge in [0.2, 0.25) is 0 Å². The van der Waals surface area contributed by atoms with E-state index in [0.717, 1.165) is 54.9 Å². The van der Waals surface area contributed by atoms with Crippen molar-refractivity contribution in [2.24, 2.45) is 0 Å². The molecule has 1 aromatic heterocycles. The van der Waals surface area contributed by atoms with Crippen LogP contribution in [-0.2, 0) is 6.54 Å². The van der Waals surface area contributed by atoms with Crippen molar-refractivity contribution in [1.82, 2.24) is 15.0 Å². The third kappa shape index (κ3) is 3.31. The molecule has 4 rings (SSSR count). The zero-order chi connectivity index (χ0) is 17.9. The minimum Gasteiger partial charge on any atom is -0.507 e. The maximum absolute atomic E-state index is 10.4. The van der Waals surface area contributed by atoms with E-state index >= 15 is 0 Å². The summed E-state index contributed by atoms with van der Waals surface area (Å²) in [6.07, 6.45) is 0. The first-order valence-corrected chi connectivity index (χ1v) is 8.97. The van der Waals surface area contributed by atoms with Gasteiger partial charge in [0.15, 0.2) is 5.58 Å². The van der Waals surface area contributed by atoms with E-state index in [1.54, 1.807) is 6.07 Å². The van der Waals surface area contributed by atoms with Gasteiger partial charge in [0.25, 0.3) is 0 Å². The number of nitrogens with zero attached hydrogens (tertiary/aromatic N) is 3. The van der Waals surface area contributed by atoms with Crippen LogP contribution < -0.4 is 0 Å². The molecule has 0 amide bonds. The molecule has 0 aliphatic carbocycles. The Hall–Kier alpha value is -2.41. The van der Waals surface area contributed by atoms with Gasteiger partial charge in [-0.05, 0) is 12.1 Å². The van der Waals surface area contributed by atoms with Crippen molar-refractivity contribution in [1.29, 1.82) is 0 Å². The molecule has 0 spiro atoms. The van der Waals surface area contributed by atoms with Gasteiger partial charge in [0.1, 0.15) is 11.4 Å². The minimum atomic E-state index is 0.195. The van der Waals surface area contributed by atoms with Crippen LogP contribution in [0.25, 0.3) is 22.2 Å². The highest BCUT2D eigenvalue weighted by Crippen LogP contribution is 2.34. The second-order valence-electron chi connectivity index (χ2n) is 6.68. The first-order valence-electron chi connectivity index (χ1n) is 8.97. The largest absolute Gasteiger partial charge is 0.507 e. The Morgan fingerprint density at radius 2 is 1.69 bits per heavy atom. The highest BCUT2D eigenvalue weighted by atomic mass is 16.5. The zero-order valence-electron chi connectivity index (χ0n) is 14.6.